The molecular weight excluding hydrogens is 523 g/mol. The highest BCUT2D eigenvalue weighted by molar-refractivity contribution is 6.31. The molecule has 3 amide bonds. The fraction of sp³-hybridized carbons (Fsp3) is 0.200. The van der Waals surface area contributed by atoms with E-state index in [9.17, 15) is 22.8 Å². The maximum absolute atomic E-state index is 13.1. The van der Waals surface area contributed by atoms with Crippen LogP contribution in [0.4, 0.5) is 29.3 Å². The maximum Gasteiger partial charge on any atom is 0.417 e. The smallest absolute Gasteiger partial charge is 0.349 e. The summed E-state index contributed by atoms with van der Waals surface area (Å²) in [5.74, 6) is -0.323. The quantitative estimate of drug-likeness (QED) is 0.302. The number of carbonyl (C=O) groups is 2. The Kier molecular flexibility index (Phi) is 7.83. The number of carbonyl (C=O) groups excluding carboxylic acids is 2. The second-order valence-electron chi connectivity index (χ2n) is 8.52. The summed E-state index contributed by atoms with van der Waals surface area (Å²) in [6.07, 6.45) is -1.55. The summed E-state index contributed by atoms with van der Waals surface area (Å²) in [6.45, 7) is 1.15. The van der Waals surface area contributed by atoms with E-state index >= 15 is 0 Å². The van der Waals surface area contributed by atoms with Crippen molar-refractivity contribution in [2.75, 3.05) is 37.8 Å². The van der Waals surface area contributed by atoms with Crippen LogP contribution in [0.2, 0.25) is 5.02 Å². The van der Waals surface area contributed by atoms with Gasteiger partial charge >= 0.3 is 12.2 Å². The molecule has 0 saturated carbocycles. The summed E-state index contributed by atoms with van der Waals surface area (Å²) in [6, 6.07) is 10.8. The molecule has 0 unspecified atom stereocenters. The van der Waals surface area contributed by atoms with Gasteiger partial charge < -0.3 is 20.9 Å². The molecular formula is C25H23ClF3N7O2. The Bertz CT molecular complexity index is 1470. The number of hydrogen-bond donors (Lipinski definition) is 3. The van der Waals surface area contributed by atoms with Crippen molar-refractivity contribution in [2.45, 2.75) is 6.18 Å². The molecule has 0 atom stereocenters. The monoisotopic (exact) mass is 545 g/mol. The highest BCUT2D eigenvalue weighted by Gasteiger charge is 2.33. The summed E-state index contributed by atoms with van der Waals surface area (Å²) in [5.41, 5.74) is 1.33. The fourth-order valence-electron chi connectivity index (χ4n) is 3.61. The molecule has 2 aromatic carbocycles. The molecule has 38 heavy (non-hydrogen) atoms. The van der Waals surface area contributed by atoms with Crippen LogP contribution in [-0.4, -0.2) is 58.6 Å². The summed E-state index contributed by atoms with van der Waals surface area (Å²) in [5, 5.41) is 7.30. The molecule has 2 aromatic heterocycles. The summed E-state index contributed by atoms with van der Waals surface area (Å²) < 4.78 is 40.9. The molecule has 3 N–H and O–H groups in total. The van der Waals surface area contributed by atoms with Gasteiger partial charge in [0.15, 0.2) is 5.69 Å². The van der Waals surface area contributed by atoms with Crippen LogP contribution in [0.5, 0.6) is 0 Å². The Morgan fingerprint density at radius 1 is 1.00 bits per heavy atom. The average Bonchev–Trinajstić information content (AvgIpc) is 3.29. The first kappa shape index (κ1) is 26.9. The molecule has 0 fully saturated rings. The predicted octanol–water partition coefficient (Wildman–Crippen LogP) is 5.03. The Hall–Kier alpha value is -4.16. The zero-order chi connectivity index (χ0) is 27.4. The second kappa shape index (κ2) is 11.1. The van der Waals surface area contributed by atoms with Crippen molar-refractivity contribution in [2.24, 2.45) is 0 Å². The van der Waals surface area contributed by atoms with Crippen molar-refractivity contribution >= 4 is 45.9 Å². The number of imidazole rings is 1. The van der Waals surface area contributed by atoms with Gasteiger partial charge in [-0.3, -0.25) is 9.36 Å². The summed E-state index contributed by atoms with van der Waals surface area (Å²) >= 11 is 5.62. The van der Waals surface area contributed by atoms with Crippen LogP contribution >= 0.6 is 11.6 Å². The van der Waals surface area contributed by atoms with Crippen LogP contribution in [0.15, 0.2) is 61.1 Å². The first-order valence-electron chi connectivity index (χ1n) is 11.3. The molecule has 0 radical (unpaired) electrons. The van der Waals surface area contributed by atoms with Crippen molar-refractivity contribution in [1.29, 1.82) is 0 Å². The summed E-state index contributed by atoms with van der Waals surface area (Å²) in [7, 11) is 3.82. The number of pyridine rings is 1. The van der Waals surface area contributed by atoms with Crippen LogP contribution in [0.25, 0.3) is 16.7 Å². The number of nitrogens with zero attached hydrogens (tertiary/aromatic N) is 4. The van der Waals surface area contributed by atoms with E-state index in [1.807, 2.05) is 19.0 Å². The zero-order valence-electron chi connectivity index (χ0n) is 20.3. The minimum atomic E-state index is -4.65. The third kappa shape index (κ3) is 6.21. The van der Waals surface area contributed by atoms with E-state index in [1.54, 1.807) is 41.2 Å². The number of alkyl halides is 3. The van der Waals surface area contributed by atoms with Gasteiger partial charge in [0, 0.05) is 36.3 Å². The van der Waals surface area contributed by atoms with Gasteiger partial charge in [0.1, 0.15) is 11.8 Å². The van der Waals surface area contributed by atoms with Gasteiger partial charge in [-0.15, -0.1) is 0 Å². The number of amides is 3. The number of urea groups is 1. The number of hydrogen-bond acceptors (Lipinski definition) is 5. The highest BCUT2D eigenvalue weighted by atomic mass is 35.5. The van der Waals surface area contributed by atoms with E-state index in [0.29, 0.717) is 35.5 Å². The molecule has 0 aliphatic heterocycles. The van der Waals surface area contributed by atoms with Gasteiger partial charge in [0.2, 0.25) is 0 Å². The molecule has 13 heteroatoms. The van der Waals surface area contributed by atoms with E-state index < -0.39 is 22.8 Å². The number of halogens is 4. The predicted molar refractivity (Wildman–Crippen MR) is 139 cm³/mol. The summed E-state index contributed by atoms with van der Waals surface area (Å²) in [4.78, 5) is 35.4. The lowest BCUT2D eigenvalue weighted by molar-refractivity contribution is -0.137. The van der Waals surface area contributed by atoms with Crippen LogP contribution in [-0.2, 0) is 6.18 Å². The number of benzene rings is 2. The van der Waals surface area contributed by atoms with Gasteiger partial charge in [0.05, 0.1) is 16.1 Å². The van der Waals surface area contributed by atoms with Crippen molar-refractivity contribution in [3.63, 3.8) is 0 Å². The minimum Gasteiger partial charge on any atom is -0.349 e. The molecule has 0 aliphatic rings. The van der Waals surface area contributed by atoms with E-state index in [-0.39, 0.29) is 17.3 Å². The average molecular weight is 546 g/mol. The van der Waals surface area contributed by atoms with Crippen LogP contribution < -0.4 is 16.0 Å². The Balaban J connectivity index is 1.46. The second-order valence-corrected chi connectivity index (χ2v) is 8.93. The Labute approximate surface area is 220 Å². The van der Waals surface area contributed by atoms with Crippen molar-refractivity contribution < 1.29 is 22.8 Å². The van der Waals surface area contributed by atoms with E-state index in [1.165, 1.54) is 12.3 Å². The van der Waals surface area contributed by atoms with Gasteiger partial charge in [-0.05, 0) is 62.6 Å². The third-order valence-electron chi connectivity index (χ3n) is 5.46. The normalized spacial score (nSPS) is 11.6. The van der Waals surface area contributed by atoms with Gasteiger partial charge in [0.25, 0.3) is 5.91 Å². The minimum absolute atomic E-state index is 0.0594. The number of aromatic nitrogens is 3. The first-order chi connectivity index (χ1) is 18.0. The van der Waals surface area contributed by atoms with Crippen molar-refractivity contribution in [1.82, 2.24) is 24.8 Å². The Morgan fingerprint density at radius 3 is 2.37 bits per heavy atom. The Morgan fingerprint density at radius 2 is 1.68 bits per heavy atom. The number of nitrogens with one attached hydrogen (secondary N) is 3. The third-order valence-corrected chi connectivity index (χ3v) is 5.79. The first-order valence-corrected chi connectivity index (χ1v) is 11.7. The van der Waals surface area contributed by atoms with Crippen LogP contribution in [0.1, 0.15) is 16.1 Å². The number of anilines is 2. The largest absolute Gasteiger partial charge is 0.417 e. The molecule has 0 saturated heterocycles. The van der Waals surface area contributed by atoms with Gasteiger partial charge in [-0.1, -0.05) is 11.6 Å². The lowest BCUT2D eigenvalue weighted by Crippen LogP contribution is -2.31. The number of fused-ring (bicyclic) bond motifs is 1. The molecule has 0 bridgehead atoms. The molecule has 4 aromatic rings. The van der Waals surface area contributed by atoms with E-state index in [0.717, 1.165) is 12.1 Å². The lowest BCUT2D eigenvalue weighted by atomic mass is 10.2. The van der Waals surface area contributed by atoms with Crippen LogP contribution in [0.3, 0.4) is 0 Å². The molecule has 198 valence electrons. The van der Waals surface area contributed by atoms with E-state index in [2.05, 4.69) is 25.9 Å². The number of rotatable bonds is 7. The fourth-order valence-corrected chi connectivity index (χ4v) is 3.84. The highest BCUT2D eigenvalue weighted by Crippen LogP contribution is 2.36. The molecule has 2 heterocycles. The number of likely N-dealkylation sites (N-methyl/N-ethyl adjacent to an activating group) is 1. The maximum atomic E-state index is 13.1. The van der Waals surface area contributed by atoms with Crippen molar-refractivity contribution in [3.8, 4) is 5.69 Å². The van der Waals surface area contributed by atoms with Crippen LogP contribution in [0, 0.1) is 0 Å². The zero-order valence-corrected chi connectivity index (χ0v) is 21.1. The van der Waals surface area contributed by atoms with E-state index in [4.69, 9.17) is 11.6 Å². The molecule has 9 nitrogen and oxygen atoms in total. The molecule has 0 aliphatic carbocycles. The standard InChI is InChI=1S/C25H23ClF3N7O2/c1-35(2)12-11-31-23(37)22-21-20(9-10-30-22)36(14-32-21)17-6-3-15(4-7-17)33-24(38)34-16-5-8-19(26)18(13-16)25(27,28)29/h3-10,13-14H,11-12H2,1-2H3,(H,31,37)(H2,33,34,38). The topological polar surface area (TPSA) is 104 Å². The molecule has 0 spiro atoms. The van der Waals surface area contributed by atoms with Crippen molar-refractivity contribution in [3.05, 3.63) is 77.3 Å². The lowest BCUT2D eigenvalue weighted by Gasteiger charge is -2.13. The SMILES string of the molecule is CN(C)CCNC(=O)c1nccc2c1ncn2-c1ccc(NC(=O)Nc2ccc(Cl)c(C(F)(F)F)c2)cc1. The molecule has 4 rings (SSSR count). The van der Waals surface area contributed by atoms with Gasteiger partial charge in [-0.2, -0.15) is 13.2 Å². The van der Waals surface area contributed by atoms with Gasteiger partial charge in [-0.25, -0.2) is 14.8 Å².